The first-order valence-corrected chi connectivity index (χ1v) is 7.72. The zero-order chi connectivity index (χ0) is 15.1. The standard InChI is InChI=1S/C19H17NO2/c21-18-13-7-2-3-8-14(13)19(22)17-15(18)9-6-10-16(17)20-11-4-1-5-12-20/h2-3,6-11H,1,4-5,12H2,(H-,21,22)/p+1. The van der Waals surface area contributed by atoms with Crippen LogP contribution < -0.4 is 0 Å². The van der Waals surface area contributed by atoms with Crippen LogP contribution in [0.2, 0.25) is 0 Å². The molecule has 1 heterocycles. The summed E-state index contributed by atoms with van der Waals surface area (Å²) in [6.45, 7) is 0.951. The van der Waals surface area contributed by atoms with E-state index >= 15 is 0 Å². The van der Waals surface area contributed by atoms with Crippen LogP contribution in [0.15, 0.2) is 42.5 Å². The van der Waals surface area contributed by atoms with Gasteiger partial charge in [-0.25, -0.2) is 4.58 Å². The van der Waals surface area contributed by atoms with Gasteiger partial charge < -0.3 is 10.2 Å². The van der Waals surface area contributed by atoms with Crippen LogP contribution in [0.3, 0.4) is 0 Å². The van der Waals surface area contributed by atoms with E-state index in [2.05, 4.69) is 10.8 Å². The van der Waals surface area contributed by atoms with Crippen molar-refractivity contribution in [2.24, 2.45) is 0 Å². The Labute approximate surface area is 128 Å². The number of benzene rings is 3. The van der Waals surface area contributed by atoms with E-state index in [1.54, 1.807) is 0 Å². The van der Waals surface area contributed by atoms with E-state index in [9.17, 15) is 10.2 Å². The topological polar surface area (TPSA) is 43.5 Å². The highest BCUT2D eigenvalue weighted by Gasteiger charge is 2.22. The monoisotopic (exact) mass is 292 g/mol. The average Bonchev–Trinajstić information content (AvgIpc) is 2.60. The Morgan fingerprint density at radius 3 is 2.23 bits per heavy atom. The lowest BCUT2D eigenvalue weighted by molar-refractivity contribution is -0.440. The molecule has 0 fully saturated rings. The third-order valence-corrected chi connectivity index (χ3v) is 4.48. The smallest absolute Gasteiger partial charge is 0.216 e. The van der Waals surface area contributed by atoms with Crippen molar-refractivity contribution in [2.75, 3.05) is 6.54 Å². The maximum atomic E-state index is 10.8. The van der Waals surface area contributed by atoms with Gasteiger partial charge in [0.25, 0.3) is 0 Å². The number of hydrogen-bond donors (Lipinski definition) is 2. The molecule has 3 nitrogen and oxygen atoms in total. The van der Waals surface area contributed by atoms with E-state index in [-0.39, 0.29) is 11.5 Å². The third-order valence-electron chi connectivity index (χ3n) is 4.48. The fraction of sp³-hybridized carbons (Fsp3) is 0.211. The lowest BCUT2D eigenvalue weighted by atomic mass is 9.99. The minimum Gasteiger partial charge on any atom is -0.507 e. The zero-order valence-electron chi connectivity index (χ0n) is 12.3. The van der Waals surface area contributed by atoms with Gasteiger partial charge in [-0.2, -0.15) is 0 Å². The Hall–Kier alpha value is -2.55. The average molecular weight is 292 g/mol. The summed E-state index contributed by atoms with van der Waals surface area (Å²) in [6, 6.07) is 13.2. The summed E-state index contributed by atoms with van der Waals surface area (Å²) in [6.07, 6.45) is 5.59. The molecule has 3 aromatic rings. The van der Waals surface area contributed by atoms with Crippen molar-refractivity contribution in [2.45, 2.75) is 19.3 Å². The zero-order valence-corrected chi connectivity index (χ0v) is 12.3. The molecule has 0 spiro atoms. The van der Waals surface area contributed by atoms with Gasteiger partial charge in [-0.3, -0.25) is 0 Å². The molecular weight excluding hydrogens is 274 g/mol. The Morgan fingerprint density at radius 2 is 1.50 bits per heavy atom. The second-order valence-electron chi connectivity index (χ2n) is 5.81. The molecule has 0 unspecified atom stereocenters. The number of hydrogen-bond acceptors (Lipinski definition) is 2. The largest absolute Gasteiger partial charge is 0.507 e. The second-order valence-corrected chi connectivity index (χ2v) is 5.81. The molecule has 0 atom stereocenters. The van der Waals surface area contributed by atoms with Crippen LogP contribution in [0, 0.1) is 0 Å². The highest BCUT2D eigenvalue weighted by molar-refractivity contribution is 6.13. The van der Waals surface area contributed by atoms with E-state index in [1.807, 2.05) is 42.5 Å². The fourth-order valence-electron chi connectivity index (χ4n) is 3.39. The number of phenolic OH excluding ortho intramolecular Hbond substituents is 2. The molecule has 0 aromatic heterocycles. The molecule has 3 aromatic carbocycles. The summed E-state index contributed by atoms with van der Waals surface area (Å²) >= 11 is 0. The molecule has 0 radical (unpaired) electrons. The summed E-state index contributed by atoms with van der Waals surface area (Å²) < 4.78 is 2.19. The van der Waals surface area contributed by atoms with Gasteiger partial charge >= 0.3 is 0 Å². The molecule has 3 heteroatoms. The van der Waals surface area contributed by atoms with E-state index < -0.39 is 0 Å². The molecule has 0 saturated carbocycles. The molecule has 4 rings (SSSR count). The predicted octanol–water partition coefficient (Wildman–Crippen LogP) is 4.30. The predicted molar refractivity (Wildman–Crippen MR) is 89.5 cm³/mol. The molecule has 110 valence electrons. The normalized spacial score (nSPS) is 15.2. The maximum Gasteiger partial charge on any atom is 0.216 e. The molecule has 1 aliphatic rings. The SMILES string of the molecule is Oc1c2ccccc2c(O)c2c([N+]3=CCCCC3)cccc12. The van der Waals surface area contributed by atoms with Gasteiger partial charge in [0.05, 0.1) is 5.39 Å². The third kappa shape index (κ3) is 1.86. The molecule has 0 amide bonds. The first-order chi connectivity index (χ1) is 10.8. The molecule has 0 saturated heterocycles. The van der Waals surface area contributed by atoms with Crippen molar-refractivity contribution in [3.8, 4) is 11.5 Å². The lowest BCUT2D eigenvalue weighted by Crippen LogP contribution is -2.14. The summed E-state index contributed by atoms with van der Waals surface area (Å²) in [4.78, 5) is 0. The first kappa shape index (κ1) is 13.1. The van der Waals surface area contributed by atoms with E-state index in [1.165, 1.54) is 6.42 Å². The fourth-order valence-corrected chi connectivity index (χ4v) is 3.39. The van der Waals surface area contributed by atoms with Crippen molar-refractivity contribution in [1.82, 2.24) is 0 Å². The maximum absolute atomic E-state index is 10.8. The summed E-state index contributed by atoms with van der Waals surface area (Å²) in [5.41, 5.74) is 0.968. The lowest BCUT2D eigenvalue weighted by Gasteiger charge is -2.13. The van der Waals surface area contributed by atoms with Gasteiger partial charge in [0.15, 0.2) is 0 Å². The number of aromatic hydroxyl groups is 2. The highest BCUT2D eigenvalue weighted by atomic mass is 16.3. The van der Waals surface area contributed by atoms with Crippen LogP contribution in [0.1, 0.15) is 19.3 Å². The molecular formula is C19H18NO2+. The van der Waals surface area contributed by atoms with Crippen LogP contribution >= 0.6 is 0 Å². The Balaban J connectivity index is 2.14. The number of nitrogens with zero attached hydrogens (tertiary/aromatic N) is 1. The van der Waals surface area contributed by atoms with Gasteiger partial charge in [-0.05, 0) is 12.5 Å². The molecule has 0 bridgehead atoms. The summed E-state index contributed by atoms with van der Waals surface area (Å²) in [5.74, 6) is 0.486. The minimum atomic E-state index is 0.238. The molecule has 2 N–H and O–H groups in total. The quantitative estimate of drug-likeness (QED) is 0.399. The van der Waals surface area contributed by atoms with Crippen LogP contribution in [-0.4, -0.2) is 27.5 Å². The van der Waals surface area contributed by atoms with Crippen molar-refractivity contribution >= 4 is 33.4 Å². The van der Waals surface area contributed by atoms with E-state index in [0.717, 1.165) is 30.5 Å². The van der Waals surface area contributed by atoms with Crippen molar-refractivity contribution in [3.63, 3.8) is 0 Å². The van der Waals surface area contributed by atoms with Crippen LogP contribution in [-0.2, 0) is 0 Å². The van der Waals surface area contributed by atoms with Gasteiger partial charge in [0, 0.05) is 35.1 Å². The Morgan fingerprint density at radius 1 is 0.773 bits per heavy atom. The van der Waals surface area contributed by atoms with Gasteiger partial charge in [-0.15, -0.1) is 0 Å². The van der Waals surface area contributed by atoms with Gasteiger partial charge in [0.1, 0.15) is 24.3 Å². The Kier molecular flexibility index (Phi) is 3.00. The number of phenols is 2. The molecule has 1 aliphatic heterocycles. The van der Waals surface area contributed by atoms with Gasteiger partial charge in [0.2, 0.25) is 5.69 Å². The molecule has 22 heavy (non-hydrogen) atoms. The Bertz CT molecular complexity index is 912. The second kappa shape index (κ2) is 5.02. The van der Waals surface area contributed by atoms with Crippen molar-refractivity contribution in [1.29, 1.82) is 0 Å². The van der Waals surface area contributed by atoms with Crippen molar-refractivity contribution < 1.29 is 14.8 Å². The van der Waals surface area contributed by atoms with Crippen LogP contribution in [0.5, 0.6) is 11.5 Å². The van der Waals surface area contributed by atoms with E-state index in [0.29, 0.717) is 16.2 Å². The number of fused-ring (bicyclic) bond motifs is 2. The first-order valence-electron chi connectivity index (χ1n) is 7.72. The van der Waals surface area contributed by atoms with Crippen LogP contribution in [0.25, 0.3) is 21.5 Å². The summed E-state index contributed by atoms with van der Waals surface area (Å²) in [7, 11) is 0. The van der Waals surface area contributed by atoms with E-state index in [4.69, 9.17) is 0 Å². The highest BCUT2D eigenvalue weighted by Crippen LogP contribution is 2.45. The molecule has 0 aliphatic carbocycles. The number of rotatable bonds is 1. The van der Waals surface area contributed by atoms with Crippen molar-refractivity contribution in [3.05, 3.63) is 42.5 Å². The minimum absolute atomic E-state index is 0.238. The van der Waals surface area contributed by atoms with Crippen LogP contribution in [0.4, 0.5) is 5.69 Å². The summed E-state index contributed by atoms with van der Waals surface area (Å²) in [5, 5.41) is 24.2. The van der Waals surface area contributed by atoms with Gasteiger partial charge in [-0.1, -0.05) is 30.3 Å².